The third-order valence-corrected chi connectivity index (χ3v) is 0.375. The quantitative estimate of drug-likeness (QED) is 0.458. The maximum atomic E-state index is 2.88. The predicted molar refractivity (Wildman–Crippen MR) is 28.0 cm³/mol. The molecule has 0 nitrogen and oxygen atoms in total. The van der Waals surface area contributed by atoms with E-state index < -0.39 is 0 Å². The van der Waals surface area contributed by atoms with Crippen LogP contribution in [0.5, 0.6) is 0 Å². The van der Waals surface area contributed by atoms with Crippen molar-refractivity contribution in [2.75, 3.05) is 0 Å². The van der Waals surface area contributed by atoms with Crippen molar-refractivity contribution in [1.29, 1.82) is 0 Å². The maximum absolute atomic E-state index is 2.88. The molecular formula is C6H9Y2-. The summed E-state index contributed by atoms with van der Waals surface area (Å²) >= 11 is 0. The van der Waals surface area contributed by atoms with E-state index in [-0.39, 0.29) is 65.4 Å². The maximum Gasteiger partial charge on any atom is 0 e. The summed E-state index contributed by atoms with van der Waals surface area (Å²) in [5.41, 5.74) is 0. The smallest absolute Gasteiger partial charge is 0 e. The molecule has 0 aromatic carbocycles. The molecule has 0 bridgehead atoms. The van der Waals surface area contributed by atoms with E-state index in [4.69, 9.17) is 0 Å². The minimum Gasteiger partial charge on any atom is -0.330 e. The van der Waals surface area contributed by atoms with Crippen LogP contribution in [0, 0.1) is 17.8 Å². The molecule has 0 aliphatic heterocycles. The molecule has 0 saturated carbocycles. The van der Waals surface area contributed by atoms with Gasteiger partial charge in [-0.1, -0.05) is 6.92 Å². The molecule has 40 valence electrons. The Morgan fingerprint density at radius 3 is 1.50 bits per heavy atom. The van der Waals surface area contributed by atoms with E-state index in [0.717, 1.165) is 0 Å². The Labute approximate surface area is 102 Å². The summed E-state index contributed by atoms with van der Waals surface area (Å²) in [7, 11) is 0. The Kier molecular flexibility index (Phi) is 23.3. The van der Waals surface area contributed by atoms with Gasteiger partial charge in [0.15, 0.2) is 0 Å². The average molecular weight is 259 g/mol. The Morgan fingerprint density at radius 1 is 1.12 bits per heavy atom. The minimum absolute atomic E-state index is 0. The molecule has 0 heterocycles. The first-order chi connectivity index (χ1) is 2.77. The Hall–Kier alpha value is 1.64. The van der Waals surface area contributed by atoms with Crippen LogP contribution in [0.4, 0.5) is 0 Å². The largest absolute Gasteiger partial charge is 0.330 e. The van der Waals surface area contributed by atoms with E-state index in [2.05, 4.69) is 11.8 Å². The first kappa shape index (κ1) is 16.3. The zero-order chi connectivity index (χ0) is 4.99. The van der Waals surface area contributed by atoms with Crippen LogP contribution in [0.25, 0.3) is 0 Å². The number of rotatable bonds is 0. The molecular weight excluding hydrogens is 250 g/mol. The molecule has 0 spiro atoms. The normalized spacial score (nSPS) is 4.38. The van der Waals surface area contributed by atoms with Crippen molar-refractivity contribution in [3.05, 3.63) is 5.92 Å². The van der Waals surface area contributed by atoms with Crippen LogP contribution in [0.3, 0.4) is 0 Å². The van der Waals surface area contributed by atoms with E-state index in [9.17, 15) is 0 Å². The van der Waals surface area contributed by atoms with Gasteiger partial charge >= 0.3 is 0 Å². The van der Waals surface area contributed by atoms with Crippen molar-refractivity contribution < 1.29 is 65.4 Å². The molecule has 0 rings (SSSR count). The van der Waals surface area contributed by atoms with Gasteiger partial charge in [0.2, 0.25) is 0 Å². The summed E-state index contributed by atoms with van der Waals surface area (Å²) in [6.07, 6.45) is 0. The van der Waals surface area contributed by atoms with Crippen molar-refractivity contribution in [2.24, 2.45) is 0 Å². The van der Waals surface area contributed by atoms with Crippen molar-refractivity contribution in [3.63, 3.8) is 0 Å². The van der Waals surface area contributed by atoms with E-state index in [1.54, 1.807) is 0 Å². The zero-order valence-electron chi connectivity index (χ0n) is 5.65. The second-order valence-electron chi connectivity index (χ2n) is 1.38. The van der Waals surface area contributed by atoms with Gasteiger partial charge < -0.3 is 5.92 Å². The van der Waals surface area contributed by atoms with E-state index in [1.807, 2.05) is 20.8 Å². The van der Waals surface area contributed by atoms with Gasteiger partial charge in [0.05, 0.1) is 0 Å². The van der Waals surface area contributed by atoms with Crippen LogP contribution in [0.2, 0.25) is 0 Å². The summed E-state index contributed by atoms with van der Waals surface area (Å²) in [5, 5.41) is 0. The van der Waals surface area contributed by atoms with Crippen LogP contribution >= 0.6 is 0 Å². The molecule has 8 heavy (non-hydrogen) atoms. The van der Waals surface area contributed by atoms with E-state index in [1.165, 1.54) is 5.92 Å². The molecule has 0 aliphatic rings. The molecule has 2 radical (unpaired) electrons. The number of hydrogen-bond donors (Lipinski definition) is 0. The topological polar surface area (TPSA) is 0 Å². The van der Waals surface area contributed by atoms with E-state index in [0.29, 0.717) is 0 Å². The minimum atomic E-state index is 0. The Balaban J connectivity index is -0.000000125. The van der Waals surface area contributed by atoms with Gasteiger partial charge in [0.1, 0.15) is 0 Å². The fourth-order valence-corrected chi connectivity index (χ4v) is 0.250. The SMILES string of the molecule is CC#C[C-](C)C.[Y].[Y]. The third kappa shape index (κ3) is 15.6. The summed E-state index contributed by atoms with van der Waals surface area (Å²) in [4.78, 5) is 0. The summed E-state index contributed by atoms with van der Waals surface area (Å²) in [5.74, 6) is 6.83. The van der Waals surface area contributed by atoms with Crippen LogP contribution in [0.15, 0.2) is 0 Å². The predicted octanol–water partition coefficient (Wildman–Crippen LogP) is 1.62. The molecule has 0 aromatic rings. The van der Waals surface area contributed by atoms with Gasteiger partial charge in [0, 0.05) is 65.4 Å². The first-order valence-electron chi connectivity index (χ1n) is 2.00. The van der Waals surface area contributed by atoms with Gasteiger partial charge in [0.25, 0.3) is 0 Å². The molecule has 0 N–H and O–H groups in total. The van der Waals surface area contributed by atoms with E-state index >= 15 is 0 Å². The fourth-order valence-electron chi connectivity index (χ4n) is 0.250. The molecule has 0 unspecified atom stereocenters. The molecule has 0 saturated heterocycles. The van der Waals surface area contributed by atoms with Crippen molar-refractivity contribution in [2.45, 2.75) is 20.8 Å². The van der Waals surface area contributed by atoms with Crippen molar-refractivity contribution in [1.82, 2.24) is 0 Å². The van der Waals surface area contributed by atoms with Crippen LogP contribution in [-0.4, -0.2) is 0 Å². The van der Waals surface area contributed by atoms with Crippen molar-refractivity contribution in [3.8, 4) is 11.8 Å². The first-order valence-corrected chi connectivity index (χ1v) is 2.00. The summed E-state index contributed by atoms with van der Waals surface area (Å²) < 4.78 is 0. The van der Waals surface area contributed by atoms with Crippen LogP contribution < -0.4 is 0 Å². The zero-order valence-corrected chi connectivity index (χ0v) is 11.3. The molecule has 0 amide bonds. The van der Waals surface area contributed by atoms with Crippen LogP contribution in [-0.2, 0) is 65.4 Å². The fraction of sp³-hybridized carbons (Fsp3) is 0.500. The third-order valence-electron chi connectivity index (χ3n) is 0.375. The van der Waals surface area contributed by atoms with Crippen molar-refractivity contribution >= 4 is 0 Å². The van der Waals surface area contributed by atoms with Gasteiger partial charge in [-0.25, -0.2) is 0 Å². The summed E-state index contributed by atoms with van der Waals surface area (Å²) in [6.45, 7) is 5.83. The second-order valence-corrected chi connectivity index (χ2v) is 1.38. The second kappa shape index (κ2) is 11.4. The van der Waals surface area contributed by atoms with Crippen LogP contribution in [0.1, 0.15) is 20.8 Å². The molecule has 0 aliphatic carbocycles. The van der Waals surface area contributed by atoms with Gasteiger partial charge in [-0.2, -0.15) is 5.92 Å². The molecule has 0 atom stereocenters. The van der Waals surface area contributed by atoms with Gasteiger partial charge in [-0.05, 0) is 0 Å². The van der Waals surface area contributed by atoms with Gasteiger partial charge in [-0.15, -0.1) is 13.8 Å². The Morgan fingerprint density at radius 2 is 1.50 bits per heavy atom. The standard InChI is InChI=1S/C6H9.2Y/c1-4-5-6(2)3;;/h1-3H3;;/q-1;;. The van der Waals surface area contributed by atoms with Gasteiger partial charge in [-0.3, -0.25) is 5.92 Å². The summed E-state index contributed by atoms with van der Waals surface area (Å²) in [6, 6.07) is 0. The molecule has 0 fully saturated rings. The number of hydrogen-bond acceptors (Lipinski definition) is 0. The molecule has 0 aromatic heterocycles. The Bertz CT molecular complexity index is 76.3. The average Bonchev–Trinajstić information content (AvgIpc) is 1.35. The molecule has 2 heteroatoms. The monoisotopic (exact) mass is 259 g/mol.